The van der Waals surface area contributed by atoms with E-state index in [1.165, 1.54) is 16.7 Å². The summed E-state index contributed by atoms with van der Waals surface area (Å²) in [6, 6.07) is 17.0. The molecule has 2 aromatic carbocycles. The van der Waals surface area contributed by atoms with E-state index in [1.807, 2.05) is 69.3 Å². The van der Waals surface area contributed by atoms with E-state index in [-0.39, 0.29) is 24.8 Å². The average Bonchev–Trinajstić information content (AvgIpc) is 3.57. The van der Waals surface area contributed by atoms with Gasteiger partial charge in [-0.15, -0.1) is 11.8 Å². The Bertz CT molecular complexity index is 1360. The molecule has 0 aliphatic carbocycles. The van der Waals surface area contributed by atoms with Crippen molar-refractivity contribution in [2.24, 2.45) is 0 Å². The van der Waals surface area contributed by atoms with Gasteiger partial charge >= 0.3 is 0 Å². The Labute approximate surface area is 237 Å². The van der Waals surface area contributed by atoms with Crippen LogP contribution in [0.3, 0.4) is 0 Å². The van der Waals surface area contributed by atoms with Crippen molar-refractivity contribution in [3.8, 4) is 5.75 Å². The zero-order valence-corrected chi connectivity index (χ0v) is 23.5. The maximum atomic E-state index is 13.6. The van der Waals surface area contributed by atoms with Crippen LogP contribution < -0.4 is 10.1 Å². The fourth-order valence-electron chi connectivity index (χ4n) is 5.38. The Morgan fingerprint density at radius 2 is 1.85 bits per heavy atom. The fourth-order valence-corrected chi connectivity index (χ4v) is 6.75. The number of carbonyl (C=O) groups is 3. The number of rotatable bonds is 10. The first-order valence-electron chi connectivity index (χ1n) is 13.2. The summed E-state index contributed by atoms with van der Waals surface area (Å²) >= 11 is 1.47. The van der Waals surface area contributed by atoms with Crippen molar-refractivity contribution in [3.05, 3.63) is 89.4 Å². The summed E-state index contributed by atoms with van der Waals surface area (Å²) in [6.07, 6.45) is 0.228. The molecule has 5 rings (SSSR count). The summed E-state index contributed by atoms with van der Waals surface area (Å²) in [7, 11) is 0. The monoisotopic (exact) mass is 563 g/mol. The van der Waals surface area contributed by atoms with Gasteiger partial charge in [0.15, 0.2) is 12.7 Å². The topological polar surface area (TPSA) is 112 Å². The second kappa shape index (κ2) is 11.4. The molecular weight excluding hydrogens is 530 g/mol. The van der Waals surface area contributed by atoms with Gasteiger partial charge in [-0.25, -0.2) is 0 Å². The molecule has 0 spiro atoms. The van der Waals surface area contributed by atoms with Gasteiger partial charge in [0, 0.05) is 0 Å². The van der Waals surface area contributed by atoms with Gasteiger partial charge in [0.05, 0.1) is 24.7 Å². The average molecular weight is 564 g/mol. The predicted molar refractivity (Wildman–Crippen MR) is 150 cm³/mol. The number of likely N-dealkylation sites (tertiary alicyclic amines) is 1. The van der Waals surface area contributed by atoms with Crippen LogP contribution in [0.2, 0.25) is 0 Å². The highest BCUT2D eigenvalue weighted by molar-refractivity contribution is 8.01. The van der Waals surface area contributed by atoms with Crippen molar-refractivity contribution >= 4 is 29.5 Å². The van der Waals surface area contributed by atoms with Gasteiger partial charge in [-0.2, -0.15) is 0 Å². The smallest absolute Gasteiger partial charge is 0.258 e. The Kier molecular flexibility index (Phi) is 7.91. The van der Waals surface area contributed by atoms with Crippen LogP contribution in [0.4, 0.5) is 0 Å². The number of β-lactam (4-membered cyclic amide) rings is 1. The molecule has 1 unspecified atom stereocenters. The minimum absolute atomic E-state index is 0.199. The molecule has 2 aliphatic heterocycles. The molecule has 3 heterocycles. The van der Waals surface area contributed by atoms with E-state index in [1.54, 1.807) is 23.3 Å². The minimum atomic E-state index is -1.56. The Balaban J connectivity index is 1.28. The van der Waals surface area contributed by atoms with E-state index in [0.29, 0.717) is 18.1 Å². The van der Waals surface area contributed by atoms with Crippen LogP contribution in [-0.2, 0) is 27.3 Å². The molecule has 40 heavy (non-hydrogen) atoms. The molecule has 2 N–H and O–H groups in total. The second-order valence-electron chi connectivity index (χ2n) is 10.4. The first-order chi connectivity index (χ1) is 19.2. The van der Waals surface area contributed by atoms with Crippen molar-refractivity contribution in [2.75, 3.05) is 12.5 Å². The second-order valence-corrected chi connectivity index (χ2v) is 11.7. The quantitative estimate of drug-likeness (QED) is 0.365. The van der Waals surface area contributed by atoms with E-state index in [4.69, 9.17) is 9.15 Å². The Hall–Kier alpha value is -3.76. The number of aryl methyl sites for hydroxylation is 2. The molecule has 0 radical (unpaired) electrons. The van der Waals surface area contributed by atoms with Crippen molar-refractivity contribution < 1.29 is 28.6 Å². The maximum Gasteiger partial charge on any atom is 0.258 e. The molecule has 2 saturated heterocycles. The predicted octanol–water partition coefficient (Wildman–Crippen LogP) is 3.02. The summed E-state index contributed by atoms with van der Waals surface area (Å²) < 4.78 is 11.2. The molecule has 1 aromatic heterocycles. The van der Waals surface area contributed by atoms with E-state index in [0.717, 1.165) is 16.7 Å². The molecule has 10 heteroatoms. The number of furan rings is 1. The van der Waals surface area contributed by atoms with Gasteiger partial charge < -0.3 is 29.4 Å². The number of nitrogens with zero attached hydrogens (tertiary/aromatic N) is 2. The van der Waals surface area contributed by atoms with Gasteiger partial charge in [0.1, 0.15) is 22.4 Å². The number of benzene rings is 2. The molecule has 0 bridgehead atoms. The zero-order valence-electron chi connectivity index (χ0n) is 22.7. The van der Waals surface area contributed by atoms with Crippen LogP contribution in [0.5, 0.6) is 5.75 Å². The number of ether oxygens (including phenoxy) is 1. The van der Waals surface area contributed by atoms with E-state index < -0.39 is 34.9 Å². The largest absolute Gasteiger partial charge is 0.483 e. The first kappa shape index (κ1) is 27.8. The summed E-state index contributed by atoms with van der Waals surface area (Å²) in [5.41, 5.74) is 2.66. The molecule has 4 atom stereocenters. The SMILES string of the molecule is Cc1cccc(C)c1OCC(=O)N[C@@H](Cc1ccccc1)[C@H](O)C(=O)N1CSC2(C)[C@H]1C(=O)N2Cc1ccco1. The van der Waals surface area contributed by atoms with Gasteiger partial charge in [-0.05, 0) is 56.0 Å². The standard InChI is InChI=1S/C30H33N3O6S/c1-19-9-7-10-20(2)26(19)39-17-24(34)31-23(15-21-11-5-4-6-12-21)25(35)28(36)32-18-40-30(3)27(32)29(37)33(30)16-22-13-8-14-38-22/h4-14,23,25,27,35H,15-18H2,1-3H3,(H,31,34)/t23-,25-,27+,30?/m0/s1. The van der Waals surface area contributed by atoms with Crippen LogP contribution in [0, 0.1) is 13.8 Å². The van der Waals surface area contributed by atoms with Gasteiger partial charge in [-0.1, -0.05) is 48.5 Å². The third-order valence-corrected chi connectivity index (χ3v) is 9.00. The van der Waals surface area contributed by atoms with E-state index >= 15 is 0 Å². The highest BCUT2D eigenvalue weighted by atomic mass is 32.2. The van der Waals surface area contributed by atoms with Crippen molar-refractivity contribution in [1.82, 2.24) is 15.1 Å². The minimum Gasteiger partial charge on any atom is -0.483 e. The van der Waals surface area contributed by atoms with Crippen molar-refractivity contribution in [1.29, 1.82) is 0 Å². The van der Waals surface area contributed by atoms with Crippen LogP contribution >= 0.6 is 11.8 Å². The fraction of sp³-hybridized carbons (Fsp3) is 0.367. The first-order valence-corrected chi connectivity index (χ1v) is 14.2. The molecule has 2 fully saturated rings. The van der Waals surface area contributed by atoms with Gasteiger partial charge in [0.2, 0.25) is 5.91 Å². The van der Waals surface area contributed by atoms with Crippen LogP contribution in [0.25, 0.3) is 0 Å². The third-order valence-electron chi connectivity index (χ3n) is 7.56. The van der Waals surface area contributed by atoms with Gasteiger partial charge in [0.25, 0.3) is 11.8 Å². The zero-order chi connectivity index (χ0) is 28.4. The van der Waals surface area contributed by atoms with Crippen molar-refractivity contribution in [2.45, 2.75) is 56.8 Å². The lowest BCUT2D eigenvalue weighted by Crippen LogP contribution is -2.73. The number of aliphatic hydroxyl groups is 1. The number of nitrogens with one attached hydrogen (secondary N) is 1. The highest BCUT2D eigenvalue weighted by Gasteiger charge is 2.65. The Morgan fingerprint density at radius 3 is 2.52 bits per heavy atom. The number of thioether (sulfide) groups is 1. The molecule has 210 valence electrons. The van der Waals surface area contributed by atoms with Crippen LogP contribution in [-0.4, -0.2) is 68.2 Å². The Morgan fingerprint density at radius 1 is 1.12 bits per heavy atom. The molecule has 3 amide bonds. The summed E-state index contributed by atoms with van der Waals surface area (Å²) in [5, 5.41) is 14.1. The number of hydrogen-bond donors (Lipinski definition) is 2. The summed E-state index contributed by atoms with van der Waals surface area (Å²) in [4.78, 5) is 42.2. The third kappa shape index (κ3) is 5.33. The lowest BCUT2D eigenvalue weighted by molar-refractivity contribution is -0.168. The summed E-state index contributed by atoms with van der Waals surface area (Å²) in [6.45, 7) is 5.77. The number of hydrogen-bond acceptors (Lipinski definition) is 7. The number of fused-ring (bicyclic) bond motifs is 1. The van der Waals surface area contributed by atoms with Crippen molar-refractivity contribution in [3.63, 3.8) is 0 Å². The number of para-hydroxylation sites is 1. The number of aliphatic hydroxyl groups excluding tert-OH is 1. The highest BCUT2D eigenvalue weighted by Crippen LogP contribution is 2.51. The number of carbonyl (C=O) groups excluding carboxylic acids is 3. The van der Waals surface area contributed by atoms with Crippen LogP contribution in [0.1, 0.15) is 29.4 Å². The normalized spacial score (nSPS) is 21.4. The molecule has 9 nitrogen and oxygen atoms in total. The lowest BCUT2D eigenvalue weighted by Gasteiger charge is -2.52. The van der Waals surface area contributed by atoms with E-state index in [9.17, 15) is 19.5 Å². The molecule has 0 saturated carbocycles. The molecule has 3 aromatic rings. The van der Waals surface area contributed by atoms with E-state index in [2.05, 4.69) is 5.32 Å². The van der Waals surface area contributed by atoms with Crippen LogP contribution in [0.15, 0.2) is 71.3 Å². The molecule has 2 aliphatic rings. The summed E-state index contributed by atoms with van der Waals surface area (Å²) in [5.74, 6) is 0.288. The molecular formula is C30H33N3O6S. The maximum absolute atomic E-state index is 13.6. The van der Waals surface area contributed by atoms with Gasteiger partial charge in [-0.3, -0.25) is 14.4 Å². The number of amides is 3. The lowest BCUT2D eigenvalue weighted by atomic mass is 9.92.